The quantitative estimate of drug-likeness (QED) is 0.0856. The number of thioether (sulfide) groups is 1. The number of imide groups is 1. The second-order valence-corrected chi connectivity index (χ2v) is 18.0. The smallest absolute Gasteiger partial charge is 0.255 e. The van der Waals surface area contributed by atoms with Gasteiger partial charge in [-0.15, -0.1) is 11.8 Å². The van der Waals surface area contributed by atoms with Crippen LogP contribution >= 0.6 is 11.8 Å². The summed E-state index contributed by atoms with van der Waals surface area (Å²) in [5.41, 5.74) is 4.85. The van der Waals surface area contributed by atoms with Crippen LogP contribution in [0.25, 0.3) is 11.1 Å². The van der Waals surface area contributed by atoms with E-state index in [1.807, 2.05) is 13.0 Å². The summed E-state index contributed by atoms with van der Waals surface area (Å²) >= 11 is 1.52. The number of aryl methyl sites for hydroxylation is 1. The second kappa shape index (κ2) is 15.7. The number of benzene rings is 4. The molecule has 4 N–H and O–H groups in total. The maximum Gasteiger partial charge on any atom is 0.255 e. The highest BCUT2D eigenvalue weighted by atomic mass is 32.2. The molecule has 12 nitrogen and oxygen atoms in total. The first-order valence-electron chi connectivity index (χ1n) is 19.0. The van der Waals surface area contributed by atoms with E-state index >= 15 is 4.39 Å². The van der Waals surface area contributed by atoms with E-state index in [1.165, 1.54) is 33.1 Å². The van der Waals surface area contributed by atoms with Crippen LogP contribution in [0.1, 0.15) is 65.2 Å². The minimum absolute atomic E-state index is 0.170. The third-order valence-electron chi connectivity index (χ3n) is 11.4. The summed E-state index contributed by atoms with van der Waals surface area (Å²) < 4.78 is 44.9. The maximum atomic E-state index is 15.5. The molecule has 4 amide bonds. The Morgan fingerprint density at radius 2 is 1.81 bits per heavy atom. The predicted molar refractivity (Wildman–Crippen MR) is 213 cm³/mol. The number of nitrogens with one attached hydrogen (secondary N) is 3. The van der Waals surface area contributed by atoms with Crippen LogP contribution < -0.4 is 16.0 Å². The van der Waals surface area contributed by atoms with Crippen LogP contribution in [0.3, 0.4) is 0 Å². The number of anilines is 2. The van der Waals surface area contributed by atoms with Gasteiger partial charge in [-0.1, -0.05) is 29.8 Å². The number of carbonyl (C=O) groups is 4. The molecule has 296 valence electrons. The number of amides is 4. The van der Waals surface area contributed by atoms with Crippen molar-refractivity contribution in [3.63, 3.8) is 0 Å². The Kier molecular flexibility index (Phi) is 10.7. The Labute approximate surface area is 334 Å². The fourth-order valence-corrected chi connectivity index (χ4v) is 11.2. The molecule has 57 heavy (non-hydrogen) atoms. The summed E-state index contributed by atoms with van der Waals surface area (Å²) in [5.74, 6) is -1.40. The molecule has 0 spiro atoms. The number of sulfonamides is 1. The summed E-state index contributed by atoms with van der Waals surface area (Å²) in [6, 6.07) is 20.3. The van der Waals surface area contributed by atoms with Crippen LogP contribution in [0.2, 0.25) is 0 Å². The standard InChI is InChI=1S/C42H42FN5O7S2/c1-24-7-11-27(12-8-24)57(54,55)48-18-17-29-35(23-49)45-34-14-9-25(20-31(34)40(29)48)30-21-26(10-13-33(30)43)44-38(50)6-3-19-56-37-5-2-4-28-32(37)22-47(42(28)53)36-15-16-39(51)46-41(36)52/h2,4-5,7-14,20-21,29,35-36,40,45,49H,3,6,15-19,22-23H2,1H3,(H,44,50)(H,46,51,52)/t29-,35+,36?,40-/m1/s1. The number of hydrogen-bond donors (Lipinski definition) is 4. The largest absolute Gasteiger partial charge is 0.394 e. The number of aliphatic hydroxyl groups is 1. The van der Waals surface area contributed by atoms with Crippen LogP contribution in [0.15, 0.2) is 88.7 Å². The number of carbonyl (C=O) groups excluding carboxylic acids is 4. The lowest BCUT2D eigenvalue weighted by Crippen LogP contribution is -2.52. The van der Waals surface area contributed by atoms with Crippen LogP contribution in [-0.2, 0) is 31.0 Å². The van der Waals surface area contributed by atoms with Crippen LogP contribution in [-0.4, -0.2) is 77.3 Å². The van der Waals surface area contributed by atoms with Gasteiger partial charge in [-0.2, -0.15) is 4.31 Å². The Morgan fingerprint density at radius 3 is 2.58 bits per heavy atom. The molecule has 4 atom stereocenters. The van der Waals surface area contributed by atoms with Gasteiger partial charge in [0, 0.05) is 59.2 Å². The molecule has 0 bridgehead atoms. The van der Waals surface area contributed by atoms with Gasteiger partial charge < -0.3 is 20.6 Å². The lowest BCUT2D eigenvalue weighted by atomic mass is 9.82. The highest BCUT2D eigenvalue weighted by Gasteiger charge is 2.48. The van der Waals surface area contributed by atoms with Crippen molar-refractivity contribution in [1.82, 2.24) is 14.5 Å². The van der Waals surface area contributed by atoms with Crippen molar-refractivity contribution in [3.05, 3.63) is 107 Å². The zero-order valence-corrected chi connectivity index (χ0v) is 32.8. The molecule has 4 aromatic rings. The topological polar surface area (TPSA) is 165 Å². The number of rotatable bonds is 11. The minimum atomic E-state index is -3.88. The maximum absolute atomic E-state index is 15.5. The lowest BCUT2D eigenvalue weighted by Gasteiger charge is -2.39. The van der Waals surface area contributed by atoms with Gasteiger partial charge in [0.1, 0.15) is 11.9 Å². The molecule has 4 aliphatic rings. The van der Waals surface area contributed by atoms with Gasteiger partial charge in [0.15, 0.2) is 0 Å². The fourth-order valence-electron chi connectivity index (χ4n) is 8.46. The highest BCUT2D eigenvalue weighted by Crippen LogP contribution is 2.49. The molecule has 0 aliphatic carbocycles. The predicted octanol–water partition coefficient (Wildman–Crippen LogP) is 5.61. The van der Waals surface area contributed by atoms with Crippen LogP contribution in [0.4, 0.5) is 15.8 Å². The first-order chi connectivity index (χ1) is 27.4. The summed E-state index contributed by atoms with van der Waals surface area (Å²) in [6.07, 6.45) is 1.73. The summed E-state index contributed by atoms with van der Waals surface area (Å²) in [5, 5.41) is 18.8. The highest BCUT2D eigenvalue weighted by molar-refractivity contribution is 7.99. The fraction of sp³-hybridized carbons (Fsp3) is 0.333. The van der Waals surface area contributed by atoms with Crippen LogP contribution in [0.5, 0.6) is 0 Å². The van der Waals surface area contributed by atoms with Gasteiger partial charge in [-0.25, -0.2) is 12.8 Å². The van der Waals surface area contributed by atoms with E-state index in [0.29, 0.717) is 46.7 Å². The van der Waals surface area contributed by atoms with Gasteiger partial charge in [0.25, 0.3) is 5.91 Å². The molecular formula is C42H42FN5O7S2. The van der Waals surface area contributed by atoms with Crippen molar-refractivity contribution in [3.8, 4) is 11.1 Å². The molecule has 2 saturated heterocycles. The first kappa shape index (κ1) is 38.8. The van der Waals surface area contributed by atoms with E-state index < -0.39 is 33.8 Å². The zero-order valence-electron chi connectivity index (χ0n) is 31.2. The van der Waals surface area contributed by atoms with Crippen molar-refractivity contribution in [2.75, 3.05) is 29.5 Å². The lowest BCUT2D eigenvalue weighted by molar-refractivity contribution is -0.137. The third kappa shape index (κ3) is 7.44. The van der Waals surface area contributed by atoms with Crippen molar-refractivity contribution in [2.45, 2.75) is 73.5 Å². The first-order valence-corrected chi connectivity index (χ1v) is 21.4. The molecule has 15 heteroatoms. The number of fused-ring (bicyclic) bond motifs is 4. The van der Waals surface area contributed by atoms with Crippen LogP contribution in [0, 0.1) is 18.7 Å². The summed E-state index contributed by atoms with van der Waals surface area (Å²) in [6.45, 7) is 2.27. The van der Waals surface area contributed by atoms with Crippen molar-refractivity contribution >= 4 is 56.8 Å². The minimum Gasteiger partial charge on any atom is -0.394 e. The van der Waals surface area contributed by atoms with Crippen molar-refractivity contribution in [1.29, 1.82) is 0 Å². The molecule has 4 aromatic carbocycles. The van der Waals surface area contributed by atoms with E-state index in [9.17, 15) is 32.7 Å². The molecular weight excluding hydrogens is 770 g/mol. The van der Waals surface area contributed by atoms with Gasteiger partial charge >= 0.3 is 0 Å². The van der Waals surface area contributed by atoms with Crippen molar-refractivity contribution in [2.24, 2.45) is 5.92 Å². The molecule has 4 aliphatic heterocycles. The van der Waals surface area contributed by atoms with Gasteiger partial charge in [0.05, 0.1) is 23.6 Å². The average molecular weight is 812 g/mol. The monoisotopic (exact) mass is 811 g/mol. The Morgan fingerprint density at radius 1 is 1.00 bits per heavy atom. The van der Waals surface area contributed by atoms with E-state index in [-0.39, 0.29) is 79.1 Å². The number of aliphatic hydroxyl groups excluding tert-OH is 1. The zero-order chi connectivity index (χ0) is 40.0. The average Bonchev–Trinajstić information content (AvgIpc) is 3.80. The Balaban J connectivity index is 0.934. The van der Waals surface area contributed by atoms with E-state index in [4.69, 9.17) is 0 Å². The van der Waals surface area contributed by atoms with E-state index in [2.05, 4.69) is 16.0 Å². The number of halogens is 1. The molecule has 1 unspecified atom stereocenters. The van der Waals surface area contributed by atoms with E-state index in [1.54, 1.807) is 60.7 Å². The van der Waals surface area contributed by atoms with E-state index in [0.717, 1.165) is 16.0 Å². The van der Waals surface area contributed by atoms with Gasteiger partial charge in [-0.3, -0.25) is 24.5 Å². The van der Waals surface area contributed by atoms with Gasteiger partial charge in [-0.05, 0) is 103 Å². The van der Waals surface area contributed by atoms with Gasteiger partial charge in [0.2, 0.25) is 27.7 Å². The number of nitrogens with zero attached hydrogens (tertiary/aromatic N) is 2. The Hall–Kier alpha value is -5.09. The van der Waals surface area contributed by atoms with Crippen molar-refractivity contribution < 1.29 is 37.1 Å². The Bertz CT molecular complexity index is 2390. The number of hydrogen-bond acceptors (Lipinski definition) is 9. The normalized spacial score (nSPS) is 21.7. The molecule has 0 aromatic heterocycles. The molecule has 8 rings (SSSR count). The molecule has 0 radical (unpaired) electrons. The molecule has 2 fully saturated rings. The summed E-state index contributed by atoms with van der Waals surface area (Å²) in [7, 11) is -3.88. The number of piperidine rings is 1. The molecule has 4 heterocycles. The second-order valence-electron chi connectivity index (χ2n) is 14.9. The molecule has 0 saturated carbocycles. The SMILES string of the molecule is Cc1ccc(S(=O)(=O)N2CC[C@@H]3[C@H](CO)Nc4ccc(-c5cc(NC(=O)CCCSc6cccc7c6CN(C6CCC(=O)NC6=O)C7=O)ccc5F)cc4[C@@H]32)cc1. The third-order valence-corrected chi connectivity index (χ3v) is 14.4. The summed E-state index contributed by atoms with van der Waals surface area (Å²) in [4.78, 5) is 53.0.